The zero-order valence-corrected chi connectivity index (χ0v) is 8.17. The van der Waals surface area contributed by atoms with Crippen molar-refractivity contribution in [3.05, 3.63) is 0 Å². The average molecular weight is 170 g/mol. The van der Waals surface area contributed by atoms with Gasteiger partial charge in [0.15, 0.2) is 0 Å². The van der Waals surface area contributed by atoms with Gasteiger partial charge in [-0.05, 0) is 18.8 Å². The van der Waals surface area contributed by atoms with Crippen LogP contribution < -0.4 is 0 Å². The lowest BCUT2D eigenvalue weighted by Crippen LogP contribution is -2.14. The van der Waals surface area contributed by atoms with Gasteiger partial charge in [0.2, 0.25) is 0 Å². The van der Waals surface area contributed by atoms with Gasteiger partial charge in [0.05, 0.1) is 0 Å². The van der Waals surface area contributed by atoms with Crippen LogP contribution in [0.3, 0.4) is 0 Å². The van der Waals surface area contributed by atoms with E-state index in [0.717, 1.165) is 25.4 Å². The summed E-state index contributed by atoms with van der Waals surface area (Å²) in [6, 6.07) is 0. The van der Waals surface area contributed by atoms with Crippen molar-refractivity contribution in [2.75, 3.05) is 0 Å². The molecule has 2 nitrogen and oxygen atoms in total. The van der Waals surface area contributed by atoms with Crippen molar-refractivity contribution < 1.29 is 9.59 Å². The second-order valence-corrected chi connectivity index (χ2v) is 4.15. The van der Waals surface area contributed by atoms with E-state index in [1.807, 2.05) is 20.8 Å². The van der Waals surface area contributed by atoms with Gasteiger partial charge in [0.25, 0.3) is 0 Å². The molecule has 70 valence electrons. The minimum Gasteiger partial charge on any atom is -0.303 e. The van der Waals surface area contributed by atoms with E-state index in [1.165, 1.54) is 0 Å². The first kappa shape index (κ1) is 11.3. The van der Waals surface area contributed by atoms with Gasteiger partial charge in [-0.15, -0.1) is 0 Å². The Hall–Kier alpha value is -0.660. The Morgan fingerprint density at radius 2 is 1.92 bits per heavy atom. The van der Waals surface area contributed by atoms with Gasteiger partial charge in [-0.1, -0.05) is 20.8 Å². The van der Waals surface area contributed by atoms with Crippen molar-refractivity contribution in [1.29, 1.82) is 0 Å². The average Bonchev–Trinajstić information content (AvgIpc) is 2.02. The Labute approximate surface area is 74.3 Å². The first-order valence-corrected chi connectivity index (χ1v) is 4.42. The molecule has 0 aliphatic carbocycles. The molecule has 0 fully saturated rings. The molecule has 0 spiro atoms. The summed E-state index contributed by atoms with van der Waals surface area (Å²) in [5.41, 5.74) is -0.225. The molecule has 1 atom stereocenters. The van der Waals surface area contributed by atoms with E-state index >= 15 is 0 Å². The predicted octanol–water partition coefficient (Wildman–Crippen LogP) is 2.22. The maximum absolute atomic E-state index is 10.5. The lowest BCUT2D eigenvalue weighted by Gasteiger charge is -2.18. The van der Waals surface area contributed by atoms with E-state index in [4.69, 9.17) is 0 Å². The fourth-order valence-electron chi connectivity index (χ4n) is 0.959. The predicted molar refractivity (Wildman–Crippen MR) is 48.9 cm³/mol. The molecule has 2 heteroatoms. The van der Waals surface area contributed by atoms with E-state index in [-0.39, 0.29) is 5.41 Å². The van der Waals surface area contributed by atoms with Crippen molar-refractivity contribution >= 4 is 12.6 Å². The molecular formula is C10H18O2. The van der Waals surface area contributed by atoms with Crippen molar-refractivity contribution in [2.45, 2.75) is 40.0 Å². The SMILES string of the molecule is CC(CC=O)CCC(C)(C)C=O. The van der Waals surface area contributed by atoms with Gasteiger partial charge < -0.3 is 9.59 Å². The van der Waals surface area contributed by atoms with Gasteiger partial charge in [0, 0.05) is 11.8 Å². The van der Waals surface area contributed by atoms with Crippen LogP contribution in [0.1, 0.15) is 40.0 Å². The first-order chi connectivity index (χ1) is 5.52. The summed E-state index contributed by atoms with van der Waals surface area (Å²) >= 11 is 0. The van der Waals surface area contributed by atoms with E-state index in [2.05, 4.69) is 0 Å². The Kier molecular flexibility index (Phi) is 4.79. The van der Waals surface area contributed by atoms with Crippen LogP contribution in [-0.2, 0) is 9.59 Å². The summed E-state index contributed by atoms with van der Waals surface area (Å²) in [5.74, 6) is 0.404. The quantitative estimate of drug-likeness (QED) is 0.573. The molecule has 1 unspecified atom stereocenters. The standard InChI is InChI=1S/C10H18O2/c1-9(5-7-11)4-6-10(2,3)8-12/h7-9H,4-6H2,1-3H3. The highest BCUT2D eigenvalue weighted by Gasteiger charge is 2.17. The minimum absolute atomic E-state index is 0.225. The molecular weight excluding hydrogens is 152 g/mol. The normalized spacial score (nSPS) is 13.9. The van der Waals surface area contributed by atoms with Crippen LogP contribution in [0.25, 0.3) is 0 Å². The van der Waals surface area contributed by atoms with Crippen LogP contribution in [0.4, 0.5) is 0 Å². The molecule has 0 bridgehead atoms. The number of hydrogen-bond acceptors (Lipinski definition) is 2. The first-order valence-electron chi connectivity index (χ1n) is 4.42. The number of aldehydes is 2. The topological polar surface area (TPSA) is 34.1 Å². The monoisotopic (exact) mass is 170 g/mol. The Morgan fingerprint density at radius 3 is 2.33 bits per heavy atom. The number of carbonyl (C=O) groups excluding carboxylic acids is 2. The third-order valence-corrected chi connectivity index (χ3v) is 2.10. The van der Waals surface area contributed by atoms with Crippen molar-refractivity contribution in [3.63, 3.8) is 0 Å². The molecule has 0 rings (SSSR count). The third-order valence-electron chi connectivity index (χ3n) is 2.10. The summed E-state index contributed by atoms with van der Waals surface area (Å²) in [6.45, 7) is 5.89. The van der Waals surface area contributed by atoms with Crippen LogP contribution in [-0.4, -0.2) is 12.6 Å². The molecule has 0 heterocycles. The van der Waals surface area contributed by atoms with Crippen LogP contribution >= 0.6 is 0 Å². The summed E-state index contributed by atoms with van der Waals surface area (Å²) in [7, 11) is 0. The van der Waals surface area contributed by atoms with E-state index in [9.17, 15) is 9.59 Å². The number of rotatable bonds is 6. The van der Waals surface area contributed by atoms with Gasteiger partial charge in [-0.25, -0.2) is 0 Å². The highest BCUT2D eigenvalue weighted by atomic mass is 16.1. The van der Waals surface area contributed by atoms with Gasteiger partial charge in [-0.3, -0.25) is 0 Å². The van der Waals surface area contributed by atoms with E-state index in [0.29, 0.717) is 12.3 Å². The zero-order chi connectivity index (χ0) is 9.61. The van der Waals surface area contributed by atoms with E-state index < -0.39 is 0 Å². The summed E-state index contributed by atoms with van der Waals surface area (Å²) < 4.78 is 0. The lowest BCUT2D eigenvalue weighted by molar-refractivity contribution is -0.115. The molecule has 0 amide bonds. The molecule has 0 aromatic rings. The maximum Gasteiger partial charge on any atom is 0.125 e. The Balaban J connectivity index is 3.66. The zero-order valence-electron chi connectivity index (χ0n) is 8.17. The van der Waals surface area contributed by atoms with Crippen molar-refractivity contribution in [2.24, 2.45) is 11.3 Å². The van der Waals surface area contributed by atoms with Crippen LogP contribution in [0.15, 0.2) is 0 Å². The van der Waals surface area contributed by atoms with Crippen LogP contribution in [0.5, 0.6) is 0 Å². The fourth-order valence-corrected chi connectivity index (χ4v) is 0.959. The Bertz CT molecular complexity index is 150. The molecule has 0 aliphatic heterocycles. The van der Waals surface area contributed by atoms with Crippen molar-refractivity contribution in [1.82, 2.24) is 0 Å². The lowest BCUT2D eigenvalue weighted by atomic mass is 9.86. The molecule has 0 N–H and O–H groups in total. The van der Waals surface area contributed by atoms with Crippen molar-refractivity contribution in [3.8, 4) is 0 Å². The van der Waals surface area contributed by atoms with E-state index in [1.54, 1.807) is 0 Å². The van der Waals surface area contributed by atoms with Crippen LogP contribution in [0.2, 0.25) is 0 Å². The molecule has 0 saturated heterocycles. The third kappa shape index (κ3) is 5.05. The van der Waals surface area contributed by atoms with Gasteiger partial charge >= 0.3 is 0 Å². The van der Waals surface area contributed by atoms with Crippen LogP contribution in [0, 0.1) is 11.3 Å². The molecule has 0 aromatic carbocycles. The van der Waals surface area contributed by atoms with Gasteiger partial charge in [0.1, 0.15) is 12.6 Å². The molecule has 0 saturated carbocycles. The second kappa shape index (κ2) is 5.07. The summed E-state index contributed by atoms with van der Waals surface area (Å²) in [5, 5.41) is 0. The molecule has 0 aliphatic rings. The highest BCUT2D eigenvalue weighted by molar-refractivity contribution is 5.57. The fraction of sp³-hybridized carbons (Fsp3) is 0.800. The second-order valence-electron chi connectivity index (χ2n) is 4.15. The smallest absolute Gasteiger partial charge is 0.125 e. The maximum atomic E-state index is 10.5. The highest BCUT2D eigenvalue weighted by Crippen LogP contribution is 2.22. The molecule has 0 radical (unpaired) electrons. The minimum atomic E-state index is -0.225. The summed E-state index contributed by atoms with van der Waals surface area (Å²) in [4.78, 5) is 20.7. The number of carbonyl (C=O) groups is 2. The molecule has 0 aromatic heterocycles. The van der Waals surface area contributed by atoms with Gasteiger partial charge in [-0.2, -0.15) is 0 Å². The Morgan fingerprint density at radius 1 is 1.33 bits per heavy atom. The summed E-state index contributed by atoms with van der Waals surface area (Å²) in [6.07, 6.45) is 4.35. The molecule has 12 heavy (non-hydrogen) atoms. The largest absolute Gasteiger partial charge is 0.303 e. The number of hydrogen-bond donors (Lipinski definition) is 0.